The number of aromatic nitrogens is 3. The van der Waals surface area contributed by atoms with E-state index in [1.54, 1.807) is 0 Å². The highest BCUT2D eigenvalue weighted by molar-refractivity contribution is 9.08. The van der Waals surface area contributed by atoms with Gasteiger partial charge in [-0.2, -0.15) is 0 Å². The maximum Gasteiger partial charge on any atom is 0.143 e. The fourth-order valence-corrected chi connectivity index (χ4v) is 2.09. The number of hydrogen-bond donors (Lipinski definition) is 0. The highest BCUT2D eigenvalue weighted by atomic mass is 79.9. The van der Waals surface area contributed by atoms with E-state index in [0.717, 1.165) is 23.4 Å². The smallest absolute Gasteiger partial charge is 0.143 e. The second-order valence-corrected chi connectivity index (χ2v) is 4.93. The highest BCUT2D eigenvalue weighted by Gasteiger charge is 2.28. The lowest BCUT2D eigenvalue weighted by atomic mass is 10.1. The zero-order valence-electron chi connectivity index (χ0n) is 8.70. The molecule has 1 aliphatic carbocycles. The third kappa shape index (κ3) is 2.00. The van der Waals surface area contributed by atoms with E-state index < -0.39 is 0 Å². The van der Waals surface area contributed by atoms with E-state index >= 15 is 0 Å². The summed E-state index contributed by atoms with van der Waals surface area (Å²) in [6.07, 6.45) is 3.63. The maximum atomic E-state index is 4.27. The Bertz CT molecular complexity index is 315. The van der Waals surface area contributed by atoms with Gasteiger partial charge in [0.05, 0.1) is 5.33 Å². The number of rotatable bonds is 4. The number of hydrogen-bond acceptors (Lipinski definition) is 2. The summed E-state index contributed by atoms with van der Waals surface area (Å²) in [6, 6.07) is 0.686. The predicted molar refractivity (Wildman–Crippen MR) is 59.5 cm³/mol. The van der Waals surface area contributed by atoms with Crippen molar-refractivity contribution in [3.63, 3.8) is 0 Å². The summed E-state index contributed by atoms with van der Waals surface area (Å²) >= 11 is 3.46. The molecule has 78 valence electrons. The van der Waals surface area contributed by atoms with Gasteiger partial charge in [-0.3, -0.25) is 0 Å². The summed E-state index contributed by atoms with van der Waals surface area (Å²) in [5, 5.41) is 9.30. The number of nitrogens with zero attached hydrogens (tertiary/aromatic N) is 3. The Morgan fingerprint density at radius 1 is 1.36 bits per heavy atom. The van der Waals surface area contributed by atoms with Crippen LogP contribution in [0.1, 0.15) is 44.4 Å². The first kappa shape index (κ1) is 10.1. The van der Waals surface area contributed by atoms with Crippen molar-refractivity contribution in [2.24, 2.45) is 5.92 Å². The van der Waals surface area contributed by atoms with Crippen LogP contribution >= 0.6 is 15.9 Å². The van der Waals surface area contributed by atoms with Crippen molar-refractivity contribution in [2.45, 2.75) is 44.5 Å². The molecule has 0 bridgehead atoms. The van der Waals surface area contributed by atoms with Gasteiger partial charge in [0.25, 0.3) is 0 Å². The van der Waals surface area contributed by atoms with E-state index in [4.69, 9.17) is 0 Å². The van der Waals surface area contributed by atoms with E-state index in [-0.39, 0.29) is 0 Å². The Morgan fingerprint density at radius 2 is 2.00 bits per heavy atom. The number of alkyl halides is 1. The normalized spacial score (nSPS) is 16.6. The molecule has 4 heteroatoms. The standard InChI is InChI=1S/C10H16BrN3/c1-7(2)5-9-12-13-10(6-11)14(9)8-3-4-8/h7-8H,3-6H2,1-2H3. The summed E-state index contributed by atoms with van der Waals surface area (Å²) in [4.78, 5) is 0. The third-order valence-electron chi connectivity index (χ3n) is 2.46. The van der Waals surface area contributed by atoms with Crippen LogP contribution in [0, 0.1) is 5.92 Å². The van der Waals surface area contributed by atoms with Gasteiger partial charge >= 0.3 is 0 Å². The molecule has 14 heavy (non-hydrogen) atoms. The van der Waals surface area contributed by atoms with Gasteiger partial charge < -0.3 is 4.57 Å². The van der Waals surface area contributed by atoms with Crippen LogP contribution in [0.15, 0.2) is 0 Å². The molecule has 0 aromatic carbocycles. The molecule has 0 N–H and O–H groups in total. The van der Waals surface area contributed by atoms with Crippen LogP contribution in [-0.4, -0.2) is 14.8 Å². The molecule has 1 aromatic heterocycles. The Morgan fingerprint density at radius 3 is 2.50 bits per heavy atom. The monoisotopic (exact) mass is 257 g/mol. The molecule has 1 aliphatic rings. The van der Waals surface area contributed by atoms with Gasteiger partial charge in [-0.05, 0) is 18.8 Å². The topological polar surface area (TPSA) is 30.7 Å². The molecule has 1 aromatic rings. The van der Waals surface area contributed by atoms with E-state index in [1.807, 2.05) is 0 Å². The SMILES string of the molecule is CC(C)Cc1nnc(CBr)n1C1CC1. The molecule has 1 saturated carbocycles. The van der Waals surface area contributed by atoms with E-state index in [9.17, 15) is 0 Å². The molecule has 3 nitrogen and oxygen atoms in total. The molecule has 0 saturated heterocycles. The van der Waals surface area contributed by atoms with E-state index in [2.05, 4.69) is 44.5 Å². The number of halogens is 1. The van der Waals surface area contributed by atoms with Crippen molar-refractivity contribution >= 4 is 15.9 Å². The van der Waals surface area contributed by atoms with Crippen LogP contribution in [0.3, 0.4) is 0 Å². The zero-order valence-corrected chi connectivity index (χ0v) is 10.3. The summed E-state index contributed by atoms with van der Waals surface area (Å²) in [5.74, 6) is 2.90. The lowest BCUT2D eigenvalue weighted by Crippen LogP contribution is -2.07. The van der Waals surface area contributed by atoms with Gasteiger partial charge in [0.15, 0.2) is 0 Å². The van der Waals surface area contributed by atoms with Crippen LogP contribution < -0.4 is 0 Å². The van der Waals surface area contributed by atoms with Crippen molar-refractivity contribution < 1.29 is 0 Å². The molecule has 0 radical (unpaired) electrons. The Kier molecular flexibility index (Phi) is 2.91. The molecular weight excluding hydrogens is 242 g/mol. The van der Waals surface area contributed by atoms with Crippen molar-refractivity contribution in [3.05, 3.63) is 11.6 Å². The predicted octanol–water partition coefficient (Wildman–Crippen LogP) is 2.71. The Balaban J connectivity index is 2.25. The van der Waals surface area contributed by atoms with Crippen molar-refractivity contribution in [2.75, 3.05) is 0 Å². The van der Waals surface area contributed by atoms with Crippen molar-refractivity contribution in [1.82, 2.24) is 14.8 Å². The molecule has 0 amide bonds. The first-order valence-electron chi connectivity index (χ1n) is 5.21. The van der Waals surface area contributed by atoms with Crippen LogP contribution in [0.5, 0.6) is 0 Å². The van der Waals surface area contributed by atoms with Crippen molar-refractivity contribution in [3.8, 4) is 0 Å². The molecule has 1 heterocycles. The largest absolute Gasteiger partial charge is 0.311 e. The fourth-order valence-electron chi connectivity index (χ4n) is 1.71. The lowest BCUT2D eigenvalue weighted by Gasteiger charge is -2.08. The third-order valence-corrected chi connectivity index (χ3v) is 2.96. The molecule has 0 atom stereocenters. The second-order valence-electron chi connectivity index (χ2n) is 4.37. The minimum Gasteiger partial charge on any atom is -0.311 e. The van der Waals surface area contributed by atoms with Crippen LogP contribution in [0.4, 0.5) is 0 Å². The van der Waals surface area contributed by atoms with E-state index in [0.29, 0.717) is 12.0 Å². The summed E-state index contributed by atoms with van der Waals surface area (Å²) in [6.45, 7) is 4.44. The van der Waals surface area contributed by atoms with Gasteiger partial charge in [0.1, 0.15) is 11.6 Å². The van der Waals surface area contributed by atoms with Crippen LogP contribution in [0.25, 0.3) is 0 Å². The van der Waals surface area contributed by atoms with Gasteiger partial charge in [-0.15, -0.1) is 10.2 Å². The molecular formula is C10H16BrN3. The van der Waals surface area contributed by atoms with E-state index in [1.165, 1.54) is 12.8 Å². The van der Waals surface area contributed by atoms with Crippen LogP contribution in [0.2, 0.25) is 0 Å². The van der Waals surface area contributed by atoms with Gasteiger partial charge in [-0.25, -0.2) is 0 Å². The summed E-state index contributed by atoms with van der Waals surface area (Å²) < 4.78 is 2.33. The molecule has 0 aliphatic heterocycles. The molecule has 1 fully saturated rings. The molecule has 2 rings (SSSR count). The summed E-state index contributed by atoms with van der Waals surface area (Å²) in [5.41, 5.74) is 0. The highest BCUT2D eigenvalue weighted by Crippen LogP contribution is 2.37. The zero-order chi connectivity index (χ0) is 10.1. The van der Waals surface area contributed by atoms with Gasteiger partial charge in [0, 0.05) is 12.5 Å². The molecule has 0 spiro atoms. The average Bonchev–Trinajstić information content (AvgIpc) is 2.88. The van der Waals surface area contributed by atoms with Gasteiger partial charge in [0.2, 0.25) is 0 Å². The minimum atomic E-state index is 0.653. The second kappa shape index (κ2) is 4.01. The summed E-state index contributed by atoms with van der Waals surface area (Å²) in [7, 11) is 0. The minimum absolute atomic E-state index is 0.653. The quantitative estimate of drug-likeness (QED) is 0.777. The molecule has 0 unspecified atom stereocenters. The first-order chi connectivity index (χ1) is 6.72. The van der Waals surface area contributed by atoms with Gasteiger partial charge in [-0.1, -0.05) is 29.8 Å². The fraction of sp³-hybridized carbons (Fsp3) is 0.800. The Hall–Kier alpha value is -0.380. The first-order valence-corrected chi connectivity index (χ1v) is 6.33. The van der Waals surface area contributed by atoms with Crippen LogP contribution in [-0.2, 0) is 11.8 Å². The maximum absolute atomic E-state index is 4.27. The Labute approximate surface area is 93.0 Å². The average molecular weight is 258 g/mol. The lowest BCUT2D eigenvalue weighted by molar-refractivity contribution is 0.572. The van der Waals surface area contributed by atoms with Crippen molar-refractivity contribution in [1.29, 1.82) is 0 Å².